The summed E-state index contributed by atoms with van der Waals surface area (Å²) >= 11 is 3.05. The Morgan fingerprint density at radius 1 is 0.484 bits per heavy atom. The van der Waals surface area contributed by atoms with Gasteiger partial charge in [-0.25, -0.2) is 4.85 Å². The van der Waals surface area contributed by atoms with Gasteiger partial charge in [-0.2, -0.15) is 5.26 Å². The molecule has 0 bridgehead atoms. The van der Waals surface area contributed by atoms with Gasteiger partial charge in [-0.1, -0.05) is 157 Å². The minimum absolute atomic E-state index is 0.00848. The Bertz CT molecular complexity index is 4460. The molecule has 4 aromatic heterocycles. The van der Waals surface area contributed by atoms with Gasteiger partial charge in [0.2, 0.25) is 5.69 Å². The molecule has 0 aliphatic carbocycles. The molecule has 4 heterocycles. The van der Waals surface area contributed by atoms with Gasteiger partial charge in [0, 0.05) is 63.6 Å². The van der Waals surface area contributed by atoms with Gasteiger partial charge in [-0.15, -0.1) is 22.7 Å². The second-order valence-corrected chi connectivity index (χ2v) is 17.1. The molecule has 0 saturated carbocycles. The van der Waals surface area contributed by atoms with Crippen LogP contribution in [0.4, 0.5) is 5.69 Å². The van der Waals surface area contributed by atoms with Crippen LogP contribution in [0.15, 0.2) is 182 Å². The monoisotopic (exact) mass is 832 g/mol. The minimum atomic E-state index is -0.684. The summed E-state index contributed by atoms with van der Waals surface area (Å²) in [5, 5.41) is 18.9. The van der Waals surface area contributed by atoms with Crippen molar-refractivity contribution in [1.82, 2.24) is 9.13 Å². The molecule has 9 aromatic carbocycles. The van der Waals surface area contributed by atoms with Crippen LogP contribution in [0.2, 0.25) is 0 Å². The van der Waals surface area contributed by atoms with Crippen molar-refractivity contribution in [3.8, 4) is 39.7 Å². The zero-order valence-electron chi connectivity index (χ0n) is 42.2. The molecule has 0 saturated heterocycles. The second kappa shape index (κ2) is 13.3. The Balaban J connectivity index is 1.41. The maximum atomic E-state index is 12.1. The number of benzene rings is 9. The normalized spacial score (nSPS) is 14.1. The van der Waals surface area contributed by atoms with Gasteiger partial charge in [-0.05, 0) is 35.4 Å². The second-order valence-electron chi connectivity index (χ2n) is 15.0. The maximum Gasteiger partial charge on any atom is 0.220 e. The van der Waals surface area contributed by atoms with E-state index >= 15 is 0 Å². The van der Waals surface area contributed by atoms with Crippen LogP contribution in [0, 0.1) is 17.9 Å². The topological polar surface area (TPSA) is 38.0 Å². The van der Waals surface area contributed by atoms with E-state index in [-0.39, 0.29) is 39.3 Å². The lowest BCUT2D eigenvalue weighted by molar-refractivity contribution is 1.14. The van der Waals surface area contributed by atoms with Crippen LogP contribution in [-0.4, -0.2) is 9.13 Å². The quantitative estimate of drug-likeness (QED) is 0.163. The number of hydrogen-bond donors (Lipinski definition) is 0. The van der Waals surface area contributed by atoms with Crippen LogP contribution in [0.25, 0.3) is 122 Å². The Kier molecular flexibility index (Phi) is 5.61. The van der Waals surface area contributed by atoms with Crippen molar-refractivity contribution in [1.29, 1.82) is 5.26 Å². The number of nitriles is 1. The van der Waals surface area contributed by atoms with E-state index in [1.807, 2.05) is 118 Å². The van der Waals surface area contributed by atoms with Crippen molar-refractivity contribution in [2.24, 2.45) is 0 Å². The smallest absolute Gasteiger partial charge is 0.220 e. The summed E-state index contributed by atoms with van der Waals surface area (Å²) in [6, 6.07) is 35.0. The highest BCUT2D eigenvalue weighted by Gasteiger charge is 2.32. The summed E-state index contributed by atoms with van der Waals surface area (Å²) in [5.74, 6) is 0. The lowest BCUT2D eigenvalue weighted by Gasteiger charge is -2.26. The Labute approximate surface area is 377 Å². The summed E-state index contributed by atoms with van der Waals surface area (Å²) in [6.45, 7) is 9.32. The fraction of sp³-hybridized carbons (Fsp3) is 0. The van der Waals surface area contributed by atoms with Crippen molar-refractivity contribution in [3.63, 3.8) is 0 Å². The van der Waals surface area contributed by atoms with E-state index in [2.05, 4.69) is 23.0 Å². The first-order chi connectivity index (χ1) is 34.9. The molecule has 0 amide bonds. The molecule has 0 radical (unpaired) electrons. The van der Waals surface area contributed by atoms with Gasteiger partial charge < -0.3 is 9.13 Å². The van der Waals surface area contributed by atoms with Gasteiger partial charge in [-0.3, -0.25) is 0 Å². The van der Waals surface area contributed by atoms with Crippen LogP contribution < -0.4 is 0 Å². The van der Waals surface area contributed by atoms with Crippen molar-refractivity contribution in [2.45, 2.75) is 0 Å². The zero-order valence-corrected chi connectivity index (χ0v) is 33.8. The molecule has 0 aliphatic heterocycles. The van der Waals surface area contributed by atoms with Gasteiger partial charge >= 0.3 is 0 Å². The summed E-state index contributed by atoms with van der Waals surface area (Å²) in [7, 11) is 0. The first-order valence-corrected chi connectivity index (χ1v) is 21.3. The van der Waals surface area contributed by atoms with Crippen molar-refractivity contribution >= 4 is 112 Å². The average molecular weight is 833 g/mol. The number of hydrogen-bond acceptors (Lipinski definition) is 3. The first-order valence-electron chi connectivity index (χ1n) is 24.7. The molecule has 0 fully saturated rings. The summed E-state index contributed by atoms with van der Waals surface area (Å²) in [5.41, 5.74) is 0.661. The van der Waals surface area contributed by atoms with Crippen molar-refractivity contribution in [2.75, 3.05) is 0 Å². The molecule has 0 atom stereocenters. The van der Waals surface area contributed by atoms with Gasteiger partial charge in [0.1, 0.15) is 6.07 Å². The zero-order chi connectivity index (χ0) is 49.8. The molecule has 0 spiro atoms. The lowest BCUT2D eigenvalue weighted by Crippen LogP contribution is -2.08. The number of thiophene rings is 2. The van der Waals surface area contributed by atoms with E-state index in [9.17, 15) is 20.1 Å². The number of nitrogens with zero attached hydrogens (tertiary/aromatic N) is 4. The molecule has 6 heteroatoms. The molecule has 286 valence electrons. The number of rotatable bonds is 4. The molecular weight excluding hydrogens is 793 g/mol. The van der Waals surface area contributed by atoms with Crippen LogP contribution in [0.1, 0.15) is 19.3 Å². The number of fused-ring (bicyclic) bond motifs is 14. The SMILES string of the molecule is [2H]c1c([2H])c([2H])c(-c2c(C#N)c(-n3c4ccccc4c4ccc5c6ccccc6sc5c43)c(-c3c([2H])c([2H])c([2H])c([2H])c3[2H])c(-n3c4ccccc4c4ccc5c6ccccc6sc5c43)c2[N+]#[C-])c([2H])c1[2H]. The molecule has 13 rings (SSSR count). The van der Waals surface area contributed by atoms with Gasteiger partial charge in [0.15, 0.2) is 0 Å². The maximum absolute atomic E-state index is 12.1. The predicted molar refractivity (Wildman–Crippen MR) is 263 cm³/mol. The van der Waals surface area contributed by atoms with E-state index in [0.717, 1.165) is 61.9 Å². The molecule has 0 aliphatic rings. The Morgan fingerprint density at radius 3 is 1.42 bits per heavy atom. The van der Waals surface area contributed by atoms with Crippen molar-refractivity contribution < 1.29 is 13.7 Å². The molecule has 0 unspecified atom stereocenters. The summed E-state index contributed by atoms with van der Waals surface area (Å²) in [4.78, 5) is 4.23. The van der Waals surface area contributed by atoms with E-state index < -0.39 is 66.0 Å². The van der Waals surface area contributed by atoms with E-state index in [1.54, 1.807) is 0 Å². The largest absolute Gasteiger partial charge is 0.317 e. The van der Waals surface area contributed by atoms with E-state index in [1.165, 1.54) is 22.7 Å². The number of para-hydroxylation sites is 2. The van der Waals surface area contributed by atoms with Crippen LogP contribution in [-0.2, 0) is 0 Å². The average Bonchev–Trinajstić information content (AvgIpc) is 4.16. The van der Waals surface area contributed by atoms with Crippen LogP contribution in [0.3, 0.4) is 0 Å². The Hall–Kier alpha value is -8.00. The van der Waals surface area contributed by atoms with E-state index in [4.69, 9.17) is 5.48 Å². The molecule has 4 nitrogen and oxygen atoms in total. The van der Waals surface area contributed by atoms with Crippen LogP contribution in [0.5, 0.6) is 0 Å². The Morgan fingerprint density at radius 2 is 0.919 bits per heavy atom. The molecule has 13 aromatic rings. The van der Waals surface area contributed by atoms with Crippen LogP contribution >= 0.6 is 22.7 Å². The summed E-state index contributed by atoms with van der Waals surface area (Å²) in [6.07, 6.45) is 0. The number of aromatic nitrogens is 2. The minimum Gasteiger partial charge on any atom is -0.317 e. The molecule has 0 N–H and O–H groups in total. The standard InChI is InChI=1S/C56H30N4S2/c1-58-50-48(33-16-4-2-5-17-33)43(32-57)51(59-44-24-12-8-20-35(44)39-28-30-41-37-22-10-14-26-46(37)61-55(41)52(39)59)49(34-18-6-3-7-19-34)54(50)60-45-25-13-9-21-36(45)40-29-31-42-38-23-11-15-27-47(38)62-56(42)53(40)60/h2-31H/i2D,3D,4D,5D,6D,7D,16D,17D,18D,19D. The third-order valence-corrected chi connectivity index (χ3v) is 14.3. The highest BCUT2D eigenvalue weighted by Crippen LogP contribution is 2.54. The first kappa shape index (κ1) is 26.3. The molecular formula is C56H30N4S2. The van der Waals surface area contributed by atoms with E-state index in [0.29, 0.717) is 22.1 Å². The molecule has 62 heavy (non-hydrogen) atoms. The van der Waals surface area contributed by atoms with Gasteiger partial charge in [0.25, 0.3) is 0 Å². The summed E-state index contributed by atoms with van der Waals surface area (Å²) < 4.78 is 99.7. The highest BCUT2D eigenvalue weighted by molar-refractivity contribution is 7.27. The third kappa shape index (κ3) is 4.68. The van der Waals surface area contributed by atoms with Crippen molar-refractivity contribution in [3.05, 3.63) is 199 Å². The highest BCUT2D eigenvalue weighted by atomic mass is 32.1. The van der Waals surface area contributed by atoms with Gasteiger partial charge in [0.05, 0.1) is 68.7 Å². The fourth-order valence-electron chi connectivity index (χ4n) is 9.53. The third-order valence-electron chi connectivity index (χ3n) is 12.0. The fourth-order valence-corrected chi connectivity index (χ4v) is 12.0. The lowest BCUT2D eigenvalue weighted by atomic mass is 9.88. The predicted octanol–water partition coefficient (Wildman–Crippen LogP) is 16.4.